The third-order valence-corrected chi connectivity index (χ3v) is 9.15. The number of benzene rings is 2. The highest BCUT2D eigenvalue weighted by molar-refractivity contribution is 7.89. The molecule has 3 atom stereocenters. The van der Waals surface area contributed by atoms with Crippen LogP contribution in [0.3, 0.4) is 0 Å². The molecule has 0 aliphatic heterocycles. The van der Waals surface area contributed by atoms with Gasteiger partial charge in [0.25, 0.3) is 5.91 Å². The number of pyridine rings is 1. The molecule has 0 saturated carbocycles. The number of sulfonamides is 1. The summed E-state index contributed by atoms with van der Waals surface area (Å²) in [4.78, 5) is 43.1. The molecule has 0 spiro atoms. The number of aliphatic hydroxyl groups excluding tert-OH is 1. The number of carbonyl (C=O) groups is 3. The third-order valence-electron chi connectivity index (χ3n) is 7.31. The van der Waals surface area contributed by atoms with Crippen molar-refractivity contribution >= 4 is 33.4 Å². The normalized spacial score (nSPS) is 13.9. The van der Waals surface area contributed by atoms with Crippen molar-refractivity contribution < 1.29 is 27.9 Å². The smallest absolute Gasteiger partial charge is 0.270 e. The van der Waals surface area contributed by atoms with Gasteiger partial charge in [-0.1, -0.05) is 71.0 Å². The zero-order valence-electron chi connectivity index (χ0n) is 27.5. The van der Waals surface area contributed by atoms with E-state index in [0.717, 1.165) is 5.56 Å². The molecule has 0 radical (unpaired) electrons. The molecule has 13 heteroatoms. The Kier molecular flexibility index (Phi) is 13.0. The Labute approximate surface area is 277 Å². The number of hydrogen-bond acceptors (Lipinski definition) is 8. The van der Waals surface area contributed by atoms with Crippen LogP contribution in [0.4, 0.5) is 5.69 Å². The topological polar surface area (TPSA) is 184 Å². The predicted molar refractivity (Wildman–Crippen MR) is 180 cm³/mol. The monoisotopic (exact) mass is 666 g/mol. The molecule has 1 heterocycles. The fourth-order valence-electron chi connectivity index (χ4n) is 4.86. The molecule has 3 amide bonds. The highest BCUT2D eigenvalue weighted by Crippen LogP contribution is 2.22. The number of nitrogens with zero attached hydrogens (tertiary/aromatic N) is 2. The Bertz CT molecular complexity index is 1580. The number of amides is 3. The van der Waals surface area contributed by atoms with Crippen LogP contribution in [0.1, 0.15) is 50.7 Å². The van der Waals surface area contributed by atoms with Gasteiger partial charge < -0.3 is 26.8 Å². The molecule has 3 unspecified atom stereocenters. The summed E-state index contributed by atoms with van der Waals surface area (Å²) in [6.07, 6.45) is 0.330. The minimum Gasteiger partial charge on any atom is -0.399 e. The molecule has 254 valence electrons. The van der Waals surface area contributed by atoms with Crippen LogP contribution < -0.4 is 21.7 Å². The van der Waals surface area contributed by atoms with Crippen molar-refractivity contribution in [3.8, 4) is 0 Å². The Morgan fingerprint density at radius 2 is 1.55 bits per heavy atom. The third kappa shape index (κ3) is 11.2. The van der Waals surface area contributed by atoms with Gasteiger partial charge in [0.2, 0.25) is 21.8 Å². The van der Waals surface area contributed by atoms with Gasteiger partial charge >= 0.3 is 0 Å². The number of aromatic nitrogens is 1. The molecule has 1 aromatic heterocycles. The van der Waals surface area contributed by atoms with Gasteiger partial charge in [0.05, 0.1) is 23.6 Å². The summed E-state index contributed by atoms with van der Waals surface area (Å²) in [5.41, 5.74) is 6.37. The summed E-state index contributed by atoms with van der Waals surface area (Å²) in [5, 5.41) is 19.7. The lowest BCUT2D eigenvalue weighted by Gasteiger charge is -2.34. The summed E-state index contributed by atoms with van der Waals surface area (Å²) in [7, 11) is -4.02. The summed E-state index contributed by atoms with van der Waals surface area (Å²) in [6.45, 7) is 8.50. The molecular weight excluding hydrogens is 620 g/mol. The van der Waals surface area contributed by atoms with E-state index in [1.54, 1.807) is 32.9 Å². The quantitative estimate of drug-likeness (QED) is 0.153. The van der Waals surface area contributed by atoms with Crippen LogP contribution in [0.5, 0.6) is 0 Å². The fraction of sp³-hybridized carbons (Fsp3) is 0.412. The minimum absolute atomic E-state index is 0.0360. The van der Waals surface area contributed by atoms with Crippen LogP contribution in [-0.2, 0) is 26.0 Å². The molecule has 3 aromatic rings. The lowest BCUT2D eigenvalue weighted by molar-refractivity contribution is -0.132. The molecule has 2 aromatic carbocycles. The number of carbonyl (C=O) groups excluding carboxylic acids is 3. The predicted octanol–water partition coefficient (Wildman–Crippen LogP) is 2.36. The van der Waals surface area contributed by atoms with E-state index in [2.05, 4.69) is 20.9 Å². The number of aliphatic hydroxyl groups is 1. The average Bonchev–Trinajstić information content (AvgIpc) is 3.02. The van der Waals surface area contributed by atoms with Crippen LogP contribution in [0.25, 0.3) is 0 Å². The first-order valence-electron chi connectivity index (χ1n) is 15.4. The molecule has 0 aliphatic rings. The fourth-order valence-corrected chi connectivity index (χ4v) is 6.48. The molecule has 0 bridgehead atoms. The number of hydrogen-bond donors (Lipinski definition) is 5. The second-order valence-corrected chi connectivity index (χ2v) is 14.9. The van der Waals surface area contributed by atoms with Crippen LogP contribution in [0.2, 0.25) is 0 Å². The van der Waals surface area contributed by atoms with Crippen molar-refractivity contribution in [1.29, 1.82) is 0 Å². The van der Waals surface area contributed by atoms with E-state index in [0.29, 0.717) is 5.69 Å². The van der Waals surface area contributed by atoms with Gasteiger partial charge in [-0.25, -0.2) is 8.42 Å². The highest BCUT2D eigenvalue weighted by Gasteiger charge is 2.36. The zero-order chi connectivity index (χ0) is 34.8. The Hall–Kier alpha value is -4.33. The number of anilines is 1. The summed E-state index contributed by atoms with van der Waals surface area (Å²) in [5.74, 6) is -1.77. The van der Waals surface area contributed by atoms with Gasteiger partial charge in [0, 0.05) is 25.0 Å². The SMILES string of the molecule is CC(C)CN(CC(O)C(Cc1ccccc1)NC(=O)C(NC(=O)CNC(=O)c1ccccn1)C(C)(C)C)S(=O)(=O)c1ccc(N)cc1. The minimum atomic E-state index is -4.02. The first-order chi connectivity index (χ1) is 22.1. The molecule has 3 rings (SSSR count). The number of nitrogen functional groups attached to an aromatic ring is 1. The molecular formula is C34H46N6O6S. The van der Waals surface area contributed by atoms with E-state index < -0.39 is 57.9 Å². The van der Waals surface area contributed by atoms with E-state index in [4.69, 9.17) is 5.73 Å². The molecule has 0 fully saturated rings. The van der Waals surface area contributed by atoms with Crippen LogP contribution in [-0.4, -0.2) is 78.4 Å². The molecule has 0 saturated heterocycles. The maximum Gasteiger partial charge on any atom is 0.270 e. The van der Waals surface area contributed by atoms with Gasteiger partial charge in [-0.3, -0.25) is 19.4 Å². The van der Waals surface area contributed by atoms with Crippen molar-refractivity contribution in [2.45, 2.75) is 64.1 Å². The van der Waals surface area contributed by atoms with Crippen LogP contribution >= 0.6 is 0 Å². The number of rotatable bonds is 15. The lowest BCUT2D eigenvalue weighted by atomic mass is 9.85. The summed E-state index contributed by atoms with van der Waals surface area (Å²) < 4.78 is 28.6. The van der Waals surface area contributed by atoms with Crippen molar-refractivity contribution in [3.63, 3.8) is 0 Å². The lowest BCUT2D eigenvalue weighted by Crippen LogP contribution is -2.59. The molecule has 12 nitrogen and oxygen atoms in total. The molecule has 0 aliphatic carbocycles. The maximum atomic E-state index is 13.8. The first kappa shape index (κ1) is 37.1. The van der Waals surface area contributed by atoms with E-state index >= 15 is 0 Å². The summed E-state index contributed by atoms with van der Waals surface area (Å²) >= 11 is 0. The van der Waals surface area contributed by atoms with E-state index in [9.17, 15) is 27.9 Å². The second-order valence-electron chi connectivity index (χ2n) is 12.9. The Morgan fingerprint density at radius 1 is 0.915 bits per heavy atom. The molecule has 6 N–H and O–H groups in total. The van der Waals surface area contributed by atoms with Crippen molar-refractivity contribution in [3.05, 3.63) is 90.3 Å². The Morgan fingerprint density at radius 3 is 2.13 bits per heavy atom. The largest absolute Gasteiger partial charge is 0.399 e. The zero-order valence-corrected chi connectivity index (χ0v) is 28.3. The van der Waals surface area contributed by atoms with E-state index in [1.165, 1.54) is 40.8 Å². The van der Waals surface area contributed by atoms with Gasteiger partial charge in [-0.15, -0.1) is 0 Å². The van der Waals surface area contributed by atoms with Crippen LogP contribution in [0, 0.1) is 11.3 Å². The maximum absolute atomic E-state index is 13.8. The number of nitrogens with two attached hydrogens (primary N) is 1. The van der Waals surface area contributed by atoms with Gasteiger partial charge in [-0.2, -0.15) is 4.31 Å². The van der Waals surface area contributed by atoms with E-state index in [1.807, 2.05) is 44.2 Å². The van der Waals surface area contributed by atoms with Crippen molar-refractivity contribution in [1.82, 2.24) is 25.2 Å². The summed E-state index contributed by atoms with van der Waals surface area (Å²) in [6, 6.07) is 17.9. The van der Waals surface area contributed by atoms with E-state index in [-0.39, 0.29) is 36.0 Å². The van der Waals surface area contributed by atoms with Gasteiger partial charge in [0.1, 0.15) is 11.7 Å². The highest BCUT2D eigenvalue weighted by atomic mass is 32.2. The van der Waals surface area contributed by atoms with Crippen LogP contribution in [0.15, 0.2) is 83.9 Å². The van der Waals surface area contributed by atoms with Crippen molar-refractivity contribution in [2.24, 2.45) is 11.3 Å². The van der Waals surface area contributed by atoms with Gasteiger partial charge in [-0.05, 0) is 59.7 Å². The Balaban J connectivity index is 1.82. The average molecular weight is 667 g/mol. The molecule has 47 heavy (non-hydrogen) atoms. The number of nitrogens with one attached hydrogen (secondary N) is 3. The first-order valence-corrected chi connectivity index (χ1v) is 16.9. The standard InChI is InChI=1S/C34H46N6O6S/c1-23(2)21-40(47(45,46)26-16-14-25(35)15-17-26)22-29(41)28(19-24-11-7-6-8-12-24)38-33(44)31(34(3,4)5)39-30(42)20-37-32(43)27-13-9-10-18-36-27/h6-18,23,28-29,31,41H,19-22,35H2,1-5H3,(H,37,43)(H,38,44)(H,39,42). The second kappa shape index (κ2) is 16.5. The van der Waals surface area contributed by atoms with Gasteiger partial charge in [0.15, 0.2) is 0 Å². The van der Waals surface area contributed by atoms with Crippen molar-refractivity contribution in [2.75, 3.05) is 25.4 Å².